The lowest BCUT2D eigenvalue weighted by Gasteiger charge is -2.17. The van der Waals surface area contributed by atoms with Crippen LogP contribution in [0.1, 0.15) is 24.1 Å². The third kappa shape index (κ3) is 3.17. The van der Waals surface area contributed by atoms with E-state index >= 15 is 0 Å². The van der Waals surface area contributed by atoms with Gasteiger partial charge in [-0.15, -0.1) is 0 Å². The Morgan fingerprint density at radius 3 is 2.83 bits per heavy atom. The quantitative estimate of drug-likeness (QED) is 0.805. The lowest BCUT2D eigenvalue weighted by molar-refractivity contribution is 0.588. The van der Waals surface area contributed by atoms with Gasteiger partial charge in [0, 0.05) is 17.8 Å². The van der Waals surface area contributed by atoms with Crippen LogP contribution in [0.2, 0.25) is 0 Å². The van der Waals surface area contributed by atoms with Crippen molar-refractivity contribution in [2.24, 2.45) is 0 Å². The van der Waals surface area contributed by atoms with E-state index < -0.39 is 10.0 Å². The van der Waals surface area contributed by atoms with Crippen molar-refractivity contribution in [2.45, 2.75) is 25.7 Å². The number of aryl methyl sites for hydroxylation is 1. The maximum atomic E-state index is 11.3. The summed E-state index contributed by atoms with van der Waals surface area (Å²) in [6, 6.07) is 0. The summed E-state index contributed by atoms with van der Waals surface area (Å²) in [5.41, 5.74) is 2.24. The Labute approximate surface area is 107 Å². The zero-order chi connectivity index (χ0) is 13.0. The van der Waals surface area contributed by atoms with E-state index in [0.29, 0.717) is 6.54 Å². The Hall–Kier alpha value is -1.21. The molecule has 1 aliphatic rings. The van der Waals surface area contributed by atoms with Gasteiger partial charge in [-0.25, -0.2) is 23.1 Å². The van der Waals surface area contributed by atoms with Crippen molar-refractivity contribution in [3.05, 3.63) is 17.6 Å². The molecule has 0 bridgehead atoms. The normalized spacial score (nSPS) is 15.2. The molecule has 0 radical (unpaired) electrons. The summed E-state index contributed by atoms with van der Waals surface area (Å²) in [6.45, 7) is 0.354. The number of rotatable bonds is 5. The molecule has 2 N–H and O–H groups in total. The summed E-state index contributed by atoms with van der Waals surface area (Å²) in [4.78, 5) is 8.47. The zero-order valence-corrected chi connectivity index (χ0v) is 11.3. The Bertz CT molecular complexity index is 516. The maximum absolute atomic E-state index is 11.3. The van der Waals surface area contributed by atoms with Gasteiger partial charge in [0.05, 0.1) is 5.75 Å². The van der Waals surface area contributed by atoms with E-state index in [9.17, 15) is 8.42 Å². The highest BCUT2D eigenvalue weighted by molar-refractivity contribution is 7.89. The van der Waals surface area contributed by atoms with Crippen LogP contribution in [-0.2, 0) is 22.9 Å². The van der Waals surface area contributed by atoms with Gasteiger partial charge in [-0.1, -0.05) is 0 Å². The molecular formula is C11H18N4O2S. The van der Waals surface area contributed by atoms with E-state index in [-0.39, 0.29) is 5.75 Å². The SMILES string of the molecule is CNS(=O)(=O)CCNc1ncnc2c1CCCC2. The molecule has 7 heteroatoms. The first-order chi connectivity index (χ1) is 8.62. The predicted octanol–water partition coefficient (Wildman–Crippen LogP) is 0.316. The highest BCUT2D eigenvalue weighted by atomic mass is 32.2. The summed E-state index contributed by atoms with van der Waals surface area (Å²) in [5.74, 6) is 0.827. The Balaban J connectivity index is 2.02. The molecule has 1 aromatic rings. The van der Waals surface area contributed by atoms with Crippen LogP contribution >= 0.6 is 0 Å². The molecule has 1 heterocycles. The predicted molar refractivity (Wildman–Crippen MR) is 70.0 cm³/mol. The molecule has 0 saturated carbocycles. The maximum Gasteiger partial charge on any atom is 0.213 e. The second kappa shape index (κ2) is 5.62. The van der Waals surface area contributed by atoms with E-state index in [1.807, 2.05) is 0 Å². The van der Waals surface area contributed by atoms with E-state index in [4.69, 9.17) is 0 Å². The van der Waals surface area contributed by atoms with Crippen LogP contribution in [0, 0.1) is 0 Å². The molecule has 0 unspecified atom stereocenters. The molecule has 6 nitrogen and oxygen atoms in total. The average Bonchev–Trinajstić information content (AvgIpc) is 2.39. The van der Waals surface area contributed by atoms with Gasteiger partial charge in [-0.05, 0) is 32.7 Å². The van der Waals surface area contributed by atoms with Crippen LogP contribution in [0.15, 0.2) is 6.33 Å². The minimum Gasteiger partial charge on any atom is -0.369 e. The van der Waals surface area contributed by atoms with Crippen molar-refractivity contribution in [3.8, 4) is 0 Å². The zero-order valence-electron chi connectivity index (χ0n) is 10.4. The van der Waals surface area contributed by atoms with Gasteiger partial charge in [0.15, 0.2) is 0 Å². The third-order valence-electron chi connectivity index (χ3n) is 3.10. The number of aromatic nitrogens is 2. The first kappa shape index (κ1) is 13.2. The van der Waals surface area contributed by atoms with Gasteiger partial charge >= 0.3 is 0 Å². The molecule has 0 saturated heterocycles. The topological polar surface area (TPSA) is 84.0 Å². The molecule has 0 amide bonds. The van der Waals surface area contributed by atoms with Crippen molar-refractivity contribution < 1.29 is 8.42 Å². The third-order valence-corrected chi connectivity index (χ3v) is 4.46. The first-order valence-electron chi connectivity index (χ1n) is 6.10. The van der Waals surface area contributed by atoms with Gasteiger partial charge in [0.2, 0.25) is 10.0 Å². The Morgan fingerprint density at radius 2 is 2.06 bits per heavy atom. The van der Waals surface area contributed by atoms with Gasteiger partial charge in [0.1, 0.15) is 12.1 Å². The van der Waals surface area contributed by atoms with E-state index in [1.165, 1.54) is 7.05 Å². The monoisotopic (exact) mass is 270 g/mol. The number of hydrogen-bond donors (Lipinski definition) is 2. The van der Waals surface area contributed by atoms with Gasteiger partial charge in [-0.3, -0.25) is 0 Å². The molecule has 1 aromatic heterocycles. The molecule has 0 fully saturated rings. The van der Waals surface area contributed by atoms with E-state index in [2.05, 4.69) is 20.0 Å². The van der Waals surface area contributed by atoms with Gasteiger partial charge < -0.3 is 5.32 Å². The number of nitrogens with zero attached hydrogens (tertiary/aromatic N) is 2. The molecular weight excluding hydrogens is 252 g/mol. The van der Waals surface area contributed by atoms with Crippen molar-refractivity contribution in [1.82, 2.24) is 14.7 Å². The standard InChI is InChI=1S/C11H18N4O2S/c1-12-18(16,17)7-6-13-11-9-4-2-3-5-10(9)14-8-15-11/h8,12H,2-7H2,1H3,(H,13,14,15). The average molecular weight is 270 g/mol. The Morgan fingerprint density at radius 1 is 1.28 bits per heavy atom. The fourth-order valence-electron chi connectivity index (χ4n) is 2.08. The van der Waals surface area contributed by atoms with Gasteiger partial charge in [-0.2, -0.15) is 0 Å². The number of anilines is 1. The highest BCUT2D eigenvalue weighted by Gasteiger charge is 2.15. The minimum atomic E-state index is -3.17. The van der Waals surface area contributed by atoms with Crippen LogP contribution in [0.4, 0.5) is 5.82 Å². The van der Waals surface area contributed by atoms with Crippen molar-refractivity contribution in [3.63, 3.8) is 0 Å². The summed E-state index contributed by atoms with van der Waals surface area (Å²) in [7, 11) is -1.75. The molecule has 18 heavy (non-hydrogen) atoms. The molecule has 0 spiro atoms. The fraction of sp³-hybridized carbons (Fsp3) is 0.636. The van der Waals surface area contributed by atoms with Crippen molar-refractivity contribution in [1.29, 1.82) is 0 Å². The Kier molecular flexibility index (Phi) is 4.13. The fourth-order valence-corrected chi connectivity index (χ4v) is 2.65. The molecule has 100 valence electrons. The molecule has 2 rings (SSSR count). The second-order valence-corrected chi connectivity index (χ2v) is 6.35. The summed E-state index contributed by atoms with van der Waals surface area (Å²) in [6.07, 6.45) is 5.80. The highest BCUT2D eigenvalue weighted by Crippen LogP contribution is 2.23. The number of fused-ring (bicyclic) bond motifs is 1. The van der Waals surface area contributed by atoms with E-state index in [0.717, 1.165) is 42.8 Å². The van der Waals surface area contributed by atoms with Gasteiger partial charge in [0.25, 0.3) is 0 Å². The van der Waals surface area contributed by atoms with Crippen LogP contribution in [-0.4, -0.2) is 37.7 Å². The molecule has 0 aliphatic heterocycles. The van der Waals surface area contributed by atoms with Crippen LogP contribution in [0.25, 0.3) is 0 Å². The van der Waals surface area contributed by atoms with E-state index in [1.54, 1.807) is 6.33 Å². The lowest BCUT2D eigenvalue weighted by atomic mass is 9.96. The van der Waals surface area contributed by atoms with Crippen molar-refractivity contribution >= 4 is 15.8 Å². The summed E-state index contributed by atoms with van der Waals surface area (Å²) >= 11 is 0. The van der Waals surface area contributed by atoms with Crippen LogP contribution in [0.5, 0.6) is 0 Å². The summed E-state index contributed by atoms with van der Waals surface area (Å²) < 4.78 is 24.9. The number of sulfonamides is 1. The summed E-state index contributed by atoms with van der Waals surface area (Å²) in [5, 5.41) is 3.09. The van der Waals surface area contributed by atoms with Crippen LogP contribution < -0.4 is 10.0 Å². The molecule has 1 aliphatic carbocycles. The van der Waals surface area contributed by atoms with Crippen LogP contribution in [0.3, 0.4) is 0 Å². The number of hydrogen-bond acceptors (Lipinski definition) is 5. The largest absolute Gasteiger partial charge is 0.369 e. The number of nitrogens with one attached hydrogen (secondary N) is 2. The molecule has 0 atom stereocenters. The minimum absolute atomic E-state index is 0.0439. The van der Waals surface area contributed by atoms with Crippen molar-refractivity contribution in [2.75, 3.05) is 24.7 Å². The smallest absolute Gasteiger partial charge is 0.213 e. The first-order valence-corrected chi connectivity index (χ1v) is 7.75. The molecule has 0 aromatic carbocycles. The second-order valence-electron chi connectivity index (χ2n) is 4.30. The lowest BCUT2D eigenvalue weighted by Crippen LogP contribution is -2.26.